The number of aromatic nitrogens is 2. The number of nitriles is 1. The Bertz CT molecular complexity index is 1440. The van der Waals surface area contributed by atoms with Crippen molar-refractivity contribution in [2.45, 2.75) is 13.3 Å². The summed E-state index contributed by atoms with van der Waals surface area (Å²) in [5.74, 6) is -0.806. The number of hydrogen-bond acceptors (Lipinski definition) is 5. The second-order valence-corrected chi connectivity index (χ2v) is 7.79. The second kappa shape index (κ2) is 7.43. The maximum absolute atomic E-state index is 14.1. The molecule has 0 atom stereocenters. The summed E-state index contributed by atoms with van der Waals surface area (Å²) in [6, 6.07) is 14.8. The maximum Gasteiger partial charge on any atom is 0.267 e. The number of anilines is 2. The maximum atomic E-state index is 14.1. The topological polar surface area (TPSA) is 95.9 Å². The van der Waals surface area contributed by atoms with E-state index in [1.54, 1.807) is 37.5 Å². The molecule has 0 bridgehead atoms. The Hall–Kier alpha value is -4.31. The molecule has 2 aromatic carbocycles. The summed E-state index contributed by atoms with van der Waals surface area (Å²) < 4.78 is 14.1. The Morgan fingerprint density at radius 2 is 1.94 bits per heavy atom. The van der Waals surface area contributed by atoms with Gasteiger partial charge in [-0.3, -0.25) is 14.8 Å². The van der Waals surface area contributed by atoms with Crippen LogP contribution in [0.5, 0.6) is 0 Å². The fraction of sp³-hybridized carbons (Fsp3) is 0.120. The summed E-state index contributed by atoms with van der Waals surface area (Å²) in [5, 5.41) is 10.6. The van der Waals surface area contributed by atoms with Crippen LogP contribution in [0, 0.1) is 24.1 Å². The first-order valence-corrected chi connectivity index (χ1v) is 10.1. The van der Waals surface area contributed by atoms with Gasteiger partial charge in [0.1, 0.15) is 17.6 Å². The van der Waals surface area contributed by atoms with E-state index in [9.17, 15) is 14.4 Å². The van der Waals surface area contributed by atoms with Gasteiger partial charge in [0.15, 0.2) is 0 Å². The van der Waals surface area contributed by atoms with Crippen LogP contribution in [0.25, 0.3) is 22.0 Å². The number of fused-ring (bicyclic) bond motifs is 2. The number of carbonyl (C=O) groups excluding carboxylic acids is 1. The number of hydrogen-bond donors (Lipinski definition) is 1. The SMILES string of the molecule is Cc1cc2c(cc1F)CCN2c1c(C#N)cnc2ccc(-c3ccc(C(N)=O)nc3)cc12. The van der Waals surface area contributed by atoms with Crippen molar-refractivity contribution in [2.75, 3.05) is 11.4 Å². The number of nitrogens with zero attached hydrogens (tertiary/aromatic N) is 4. The molecule has 2 N–H and O–H groups in total. The van der Waals surface area contributed by atoms with E-state index in [1.165, 1.54) is 0 Å². The zero-order chi connectivity index (χ0) is 22.4. The molecule has 1 amide bonds. The molecule has 0 saturated heterocycles. The summed E-state index contributed by atoms with van der Waals surface area (Å²) in [4.78, 5) is 22.0. The largest absolute Gasteiger partial charge is 0.364 e. The summed E-state index contributed by atoms with van der Waals surface area (Å²) in [6.45, 7) is 2.38. The number of amides is 1. The lowest BCUT2D eigenvalue weighted by Gasteiger charge is -2.23. The highest BCUT2D eigenvalue weighted by Gasteiger charge is 2.26. The van der Waals surface area contributed by atoms with Crippen LogP contribution in [-0.2, 0) is 6.42 Å². The van der Waals surface area contributed by atoms with Crippen molar-refractivity contribution >= 4 is 28.2 Å². The number of primary amides is 1. The Balaban J connectivity index is 1.69. The third-order valence-electron chi connectivity index (χ3n) is 5.83. The molecule has 1 aliphatic rings. The Morgan fingerprint density at radius 3 is 2.66 bits per heavy atom. The number of carbonyl (C=O) groups is 1. The fourth-order valence-corrected chi connectivity index (χ4v) is 4.19. The molecule has 5 rings (SSSR count). The van der Waals surface area contributed by atoms with Crippen molar-refractivity contribution in [3.8, 4) is 17.2 Å². The zero-order valence-electron chi connectivity index (χ0n) is 17.3. The number of halogens is 1. The van der Waals surface area contributed by atoms with Crippen LogP contribution in [0.4, 0.5) is 15.8 Å². The van der Waals surface area contributed by atoms with E-state index < -0.39 is 5.91 Å². The molecule has 6 nitrogen and oxygen atoms in total. The number of aryl methyl sites for hydroxylation is 1. The average molecular weight is 423 g/mol. The van der Waals surface area contributed by atoms with Crippen molar-refractivity contribution in [3.63, 3.8) is 0 Å². The van der Waals surface area contributed by atoms with Gasteiger partial charge in [-0.15, -0.1) is 0 Å². The molecule has 0 radical (unpaired) electrons. The minimum Gasteiger partial charge on any atom is -0.364 e. The van der Waals surface area contributed by atoms with E-state index in [4.69, 9.17) is 5.73 Å². The van der Waals surface area contributed by atoms with Gasteiger partial charge in [0.2, 0.25) is 0 Å². The molecule has 0 spiro atoms. The molecular formula is C25H18FN5O. The third-order valence-corrected chi connectivity index (χ3v) is 5.83. The summed E-state index contributed by atoms with van der Waals surface area (Å²) in [7, 11) is 0. The van der Waals surface area contributed by atoms with Crippen LogP contribution in [0.3, 0.4) is 0 Å². The number of pyridine rings is 2. The van der Waals surface area contributed by atoms with Gasteiger partial charge in [-0.25, -0.2) is 4.39 Å². The second-order valence-electron chi connectivity index (χ2n) is 7.79. The third kappa shape index (κ3) is 3.13. The first-order chi connectivity index (χ1) is 15.5. The van der Waals surface area contributed by atoms with Gasteiger partial charge in [0, 0.05) is 35.6 Å². The lowest BCUT2D eigenvalue weighted by molar-refractivity contribution is 0.0995. The van der Waals surface area contributed by atoms with Gasteiger partial charge < -0.3 is 10.6 Å². The highest BCUT2D eigenvalue weighted by atomic mass is 19.1. The van der Waals surface area contributed by atoms with Crippen LogP contribution in [0.1, 0.15) is 27.2 Å². The van der Waals surface area contributed by atoms with E-state index >= 15 is 0 Å². The predicted molar refractivity (Wildman–Crippen MR) is 120 cm³/mol. The van der Waals surface area contributed by atoms with Crippen molar-refractivity contribution in [1.29, 1.82) is 5.26 Å². The molecule has 0 aliphatic carbocycles. The lowest BCUT2D eigenvalue weighted by Crippen LogP contribution is -2.15. The van der Waals surface area contributed by atoms with E-state index in [0.29, 0.717) is 24.1 Å². The van der Waals surface area contributed by atoms with Gasteiger partial charge in [0.05, 0.1) is 16.8 Å². The van der Waals surface area contributed by atoms with Gasteiger partial charge in [-0.2, -0.15) is 5.26 Å². The van der Waals surface area contributed by atoms with Crippen LogP contribution in [0.2, 0.25) is 0 Å². The summed E-state index contributed by atoms with van der Waals surface area (Å²) >= 11 is 0. The molecule has 1 aliphatic heterocycles. The quantitative estimate of drug-likeness (QED) is 0.527. The smallest absolute Gasteiger partial charge is 0.267 e. The fourth-order valence-electron chi connectivity index (χ4n) is 4.19. The van der Waals surface area contributed by atoms with Crippen molar-refractivity contribution in [3.05, 3.63) is 83.1 Å². The molecule has 0 saturated carbocycles. The van der Waals surface area contributed by atoms with Crippen molar-refractivity contribution in [1.82, 2.24) is 9.97 Å². The molecule has 4 aromatic rings. The predicted octanol–water partition coefficient (Wildman–Crippen LogP) is 4.41. The normalized spacial score (nSPS) is 12.6. The molecule has 7 heteroatoms. The molecule has 0 unspecified atom stereocenters. The van der Waals surface area contributed by atoms with E-state index in [0.717, 1.165) is 39.0 Å². The number of rotatable bonds is 3. The van der Waals surface area contributed by atoms with Gasteiger partial charge in [-0.1, -0.05) is 12.1 Å². The zero-order valence-corrected chi connectivity index (χ0v) is 17.3. The molecule has 32 heavy (non-hydrogen) atoms. The first-order valence-electron chi connectivity index (χ1n) is 10.1. The van der Waals surface area contributed by atoms with Gasteiger partial charge in [0.25, 0.3) is 5.91 Å². The van der Waals surface area contributed by atoms with Crippen molar-refractivity contribution in [2.24, 2.45) is 5.73 Å². The van der Waals surface area contributed by atoms with Gasteiger partial charge >= 0.3 is 0 Å². The standard InChI is InChI=1S/C25H18FN5O/c1-14-8-23-16(10-20(14)26)6-7-31(23)24-18(11-27)13-29-21-4-2-15(9-19(21)24)17-3-5-22(25(28)32)30-12-17/h2-5,8-10,12-13H,6-7H2,1H3,(H2,28,32). The molecule has 156 valence electrons. The highest BCUT2D eigenvalue weighted by Crippen LogP contribution is 2.41. The monoisotopic (exact) mass is 423 g/mol. The highest BCUT2D eigenvalue weighted by molar-refractivity contribution is 5.99. The summed E-state index contributed by atoms with van der Waals surface area (Å²) in [6.07, 6.45) is 3.87. The molecule has 3 heterocycles. The van der Waals surface area contributed by atoms with Gasteiger partial charge in [-0.05, 0) is 60.4 Å². The van der Waals surface area contributed by atoms with Crippen LogP contribution < -0.4 is 10.6 Å². The molecular weight excluding hydrogens is 405 g/mol. The Morgan fingerprint density at radius 1 is 1.12 bits per heavy atom. The average Bonchev–Trinajstić information content (AvgIpc) is 3.20. The van der Waals surface area contributed by atoms with Crippen LogP contribution in [-0.4, -0.2) is 22.4 Å². The molecule has 0 fully saturated rings. The summed E-state index contributed by atoms with van der Waals surface area (Å²) in [5.41, 5.74) is 11.5. The van der Waals surface area contributed by atoms with Crippen LogP contribution >= 0.6 is 0 Å². The Kier molecular flexibility index (Phi) is 4.56. The minimum absolute atomic E-state index is 0.194. The number of benzene rings is 2. The van der Waals surface area contributed by atoms with E-state index in [1.807, 2.05) is 24.3 Å². The number of nitrogens with two attached hydrogens (primary N) is 1. The lowest BCUT2D eigenvalue weighted by atomic mass is 10.0. The van der Waals surface area contributed by atoms with E-state index in [-0.39, 0.29) is 11.5 Å². The molecule has 2 aromatic heterocycles. The van der Waals surface area contributed by atoms with Crippen molar-refractivity contribution < 1.29 is 9.18 Å². The minimum atomic E-state index is -0.584. The van der Waals surface area contributed by atoms with Crippen LogP contribution in [0.15, 0.2) is 54.9 Å². The Labute approximate surface area is 183 Å². The van der Waals surface area contributed by atoms with E-state index in [2.05, 4.69) is 20.9 Å². The first kappa shape index (κ1) is 19.6.